The zero-order valence-electron chi connectivity index (χ0n) is 9.54. The zero-order chi connectivity index (χ0) is 13.8. The second-order valence-electron chi connectivity index (χ2n) is 3.62. The molecule has 3 N–H and O–H groups in total. The molecule has 1 aromatic heterocycles. The van der Waals surface area contributed by atoms with Crippen LogP contribution in [0.1, 0.15) is 20.8 Å². The Kier molecular flexibility index (Phi) is 3.56. The van der Waals surface area contributed by atoms with Crippen molar-refractivity contribution in [3.05, 3.63) is 59.4 Å². The van der Waals surface area contributed by atoms with Gasteiger partial charge in [-0.05, 0) is 30.3 Å². The maximum absolute atomic E-state index is 13.3. The summed E-state index contributed by atoms with van der Waals surface area (Å²) in [7, 11) is 0. The van der Waals surface area contributed by atoms with Gasteiger partial charge in [0, 0.05) is 6.20 Å². The number of carbonyl (C=O) groups is 2. The molecule has 98 valence electrons. The standard InChI is InChI=1S/C12H9F2N3O2/c13-7-3-4-9(14)8(6-7)11(18)16-17-12(19)10-2-1-5-15-10/h1-6,15H,(H,16,18)(H,17,19). The van der Waals surface area contributed by atoms with Crippen LogP contribution in [-0.4, -0.2) is 16.8 Å². The van der Waals surface area contributed by atoms with Crippen LogP contribution in [0, 0.1) is 11.6 Å². The highest BCUT2D eigenvalue weighted by molar-refractivity contribution is 5.98. The van der Waals surface area contributed by atoms with Crippen LogP contribution < -0.4 is 10.9 Å². The number of benzene rings is 1. The number of aromatic amines is 1. The predicted octanol–water partition coefficient (Wildman–Crippen LogP) is 1.37. The highest BCUT2D eigenvalue weighted by Gasteiger charge is 2.14. The average Bonchev–Trinajstić information content (AvgIpc) is 2.92. The Bertz CT molecular complexity index is 611. The molecular formula is C12H9F2N3O2. The highest BCUT2D eigenvalue weighted by Crippen LogP contribution is 2.09. The van der Waals surface area contributed by atoms with Crippen molar-refractivity contribution in [1.29, 1.82) is 0 Å². The van der Waals surface area contributed by atoms with Gasteiger partial charge in [-0.25, -0.2) is 8.78 Å². The van der Waals surface area contributed by atoms with Crippen molar-refractivity contribution in [2.75, 3.05) is 0 Å². The van der Waals surface area contributed by atoms with Crippen LogP contribution in [0.4, 0.5) is 8.78 Å². The van der Waals surface area contributed by atoms with Gasteiger partial charge < -0.3 is 4.98 Å². The lowest BCUT2D eigenvalue weighted by Crippen LogP contribution is -2.42. The lowest BCUT2D eigenvalue weighted by atomic mass is 10.2. The van der Waals surface area contributed by atoms with E-state index in [9.17, 15) is 18.4 Å². The second-order valence-corrected chi connectivity index (χ2v) is 3.62. The molecule has 0 atom stereocenters. The molecular weight excluding hydrogens is 256 g/mol. The van der Waals surface area contributed by atoms with Gasteiger partial charge >= 0.3 is 0 Å². The summed E-state index contributed by atoms with van der Waals surface area (Å²) < 4.78 is 26.2. The van der Waals surface area contributed by atoms with E-state index in [2.05, 4.69) is 10.4 Å². The van der Waals surface area contributed by atoms with E-state index in [0.717, 1.165) is 18.2 Å². The molecule has 1 aromatic carbocycles. The Labute approximate surface area is 106 Å². The van der Waals surface area contributed by atoms with Gasteiger partial charge in [-0.3, -0.25) is 20.4 Å². The molecule has 5 nitrogen and oxygen atoms in total. The van der Waals surface area contributed by atoms with E-state index in [1.807, 2.05) is 5.43 Å². The maximum Gasteiger partial charge on any atom is 0.286 e. The van der Waals surface area contributed by atoms with Crippen molar-refractivity contribution in [3.8, 4) is 0 Å². The van der Waals surface area contributed by atoms with E-state index in [0.29, 0.717) is 0 Å². The normalized spacial score (nSPS) is 10.0. The van der Waals surface area contributed by atoms with Gasteiger partial charge in [0.25, 0.3) is 11.8 Å². The Morgan fingerprint density at radius 2 is 1.79 bits per heavy atom. The topological polar surface area (TPSA) is 74.0 Å². The Hall–Kier alpha value is -2.70. The number of amides is 2. The Morgan fingerprint density at radius 1 is 1.05 bits per heavy atom. The lowest BCUT2D eigenvalue weighted by molar-refractivity contribution is 0.0841. The third kappa shape index (κ3) is 2.95. The van der Waals surface area contributed by atoms with Crippen LogP contribution in [0.15, 0.2) is 36.5 Å². The molecule has 0 aliphatic carbocycles. The number of carbonyl (C=O) groups excluding carboxylic acids is 2. The summed E-state index contributed by atoms with van der Waals surface area (Å²) in [5, 5.41) is 0. The molecule has 2 rings (SSSR count). The van der Waals surface area contributed by atoms with E-state index in [1.165, 1.54) is 12.3 Å². The molecule has 19 heavy (non-hydrogen) atoms. The largest absolute Gasteiger partial charge is 0.357 e. The van der Waals surface area contributed by atoms with Gasteiger partial charge in [0.05, 0.1) is 5.56 Å². The van der Waals surface area contributed by atoms with Gasteiger partial charge in [-0.1, -0.05) is 0 Å². The first-order chi connectivity index (χ1) is 9.08. The first kappa shape index (κ1) is 12.7. The number of H-pyrrole nitrogens is 1. The third-order valence-corrected chi connectivity index (χ3v) is 2.31. The number of halogens is 2. The number of nitrogens with one attached hydrogen (secondary N) is 3. The summed E-state index contributed by atoms with van der Waals surface area (Å²) in [5.41, 5.74) is 3.79. The van der Waals surface area contributed by atoms with Crippen molar-refractivity contribution in [2.24, 2.45) is 0 Å². The quantitative estimate of drug-likeness (QED) is 0.717. The fourth-order valence-corrected chi connectivity index (χ4v) is 1.39. The van der Waals surface area contributed by atoms with Crippen molar-refractivity contribution >= 4 is 11.8 Å². The van der Waals surface area contributed by atoms with E-state index >= 15 is 0 Å². The fourth-order valence-electron chi connectivity index (χ4n) is 1.39. The van der Waals surface area contributed by atoms with Crippen molar-refractivity contribution < 1.29 is 18.4 Å². The van der Waals surface area contributed by atoms with Crippen LogP contribution in [0.5, 0.6) is 0 Å². The molecule has 0 aliphatic heterocycles. The minimum atomic E-state index is -0.947. The van der Waals surface area contributed by atoms with Gasteiger partial charge in [0.15, 0.2) is 0 Å². The van der Waals surface area contributed by atoms with Crippen LogP contribution >= 0.6 is 0 Å². The Balaban J connectivity index is 2.02. The van der Waals surface area contributed by atoms with Crippen molar-refractivity contribution in [2.45, 2.75) is 0 Å². The van der Waals surface area contributed by atoms with E-state index in [4.69, 9.17) is 0 Å². The smallest absolute Gasteiger partial charge is 0.286 e. The zero-order valence-corrected chi connectivity index (χ0v) is 9.54. The lowest BCUT2D eigenvalue weighted by Gasteiger charge is -2.07. The van der Waals surface area contributed by atoms with Gasteiger partial charge in [-0.15, -0.1) is 0 Å². The second kappa shape index (κ2) is 5.30. The average molecular weight is 265 g/mol. The molecule has 0 saturated heterocycles. The predicted molar refractivity (Wildman–Crippen MR) is 62.1 cm³/mol. The minimum absolute atomic E-state index is 0.222. The molecule has 0 unspecified atom stereocenters. The molecule has 0 aliphatic rings. The van der Waals surface area contributed by atoms with Crippen LogP contribution in [-0.2, 0) is 0 Å². The summed E-state index contributed by atoms with van der Waals surface area (Å²) in [6.45, 7) is 0. The van der Waals surface area contributed by atoms with Crippen LogP contribution in [0.3, 0.4) is 0 Å². The SMILES string of the molecule is O=C(NNC(=O)c1cc(F)ccc1F)c1ccc[nH]1. The fraction of sp³-hybridized carbons (Fsp3) is 0. The summed E-state index contributed by atoms with van der Waals surface area (Å²) in [4.78, 5) is 25.6. The summed E-state index contributed by atoms with van der Waals surface area (Å²) in [6.07, 6.45) is 1.53. The summed E-state index contributed by atoms with van der Waals surface area (Å²) >= 11 is 0. The first-order valence-corrected chi connectivity index (χ1v) is 5.27. The molecule has 0 radical (unpaired) electrons. The van der Waals surface area contributed by atoms with E-state index in [1.54, 1.807) is 6.07 Å². The monoisotopic (exact) mass is 265 g/mol. The Morgan fingerprint density at radius 3 is 2.47 bits per heavy atom. The molecule has 0 saturated carbocycles. The molecule has 0 bridgehead atoms. The summed E-state index contributed by atoms with van der Waals surface area (Å²) in [5.74, 6) is -3.18. The minimum Gasteiger partial charge on any atom is -0.357 e. The number of hydrogen-bond acceptors (Lipinski definition) is 2. The molecule has 2 amide bonds. The van der Waals surface area contributed by atoms with Crippen molar-refractivity contribution in [1.82, 2.24) is 15.8 Å². The molecule has 1 heterocycles. The van der Waals surface area contributed by atoms with Gasteiger partial charge in [0.1, 0.15) is 17.3 Å². The number of rotatable bonds is 2. The van der Waals surface area contributed by atoms with Crippen LogP contribution in [0.25, 0.3) is 0 Å². The van der Waals surface area contributed by atoms with Crippen LogP contribution in [0.2, 0.25) is 0 Å². The highest BCUT2D eigenvalue weighted by atomic mass is 19.1. The summed E-state index contributed by atoms with van der Waals surface area (Å²) in [6, 6.07) is 5.55. The maximum atomic E-state index is 13.3. The van der Waals surface area contributed by atoms with Crippen molar-refractivity contribution in [3.63, 3.8) is 0 Å². The molecule has 0 spiro atoms. The van der Waals surface area contributed by atoms with E-state index < -0.39 is 29.0 Å². The number of hydrazine groups is 1. The van der Waals surface area contributed by atoms with Gasteiger partial charge in [-0.2, -0.15) is 0 Å². The molecule has 0 fully saturated rings. The number of aromatic nitrogens is 1. The molecule has 2 aromatic rings. The van der Waals surface area contributed by atoms with E-state index in [-0.39, 0.29) is 5.69 Å². The molecule has 7 heteroatoms. The van der Waals surface area contributed by atoms with Gasteiger partial charge in [0.2, 0.25) is 0 Å². The number of hydrogen-bond donors (Lipinski definition) is 3. The first-order valence-electron chi connectivity index (χ1n) is 5.27. The third-order valence-electron chi connectivity index (χ3n) is 2.31.